The number of pyridine rings is 1. The first-order chi connectivity index (χ1) is 19.7. The Balaban J connectivity index is 1.46. The molecular formula is C30H23N5O3S3. The van der Waals surface area contributed by atoms with Gasteiger partial charge in [-0.1, -0.05) is 77.7 Å². The van der Waals surface area contributed by atoms with E-state index in [1.54, 1.807) is 43.1 Å². The van der Waals surface area contributed by atoms with Crippen LogP contribution in [0.2, 0.25) is 0 Å². The third kappa shape index (κ3) is 4.75. The van der Waals surface area contributed by atoms with Crippen LogP contribution in [0.1, 0.15) is 16.8 Å². The summed E-state index contributed by atoms with van der Waals surface area (Å²) < 4.78 is 4.87. The summed E-state index contributed by atoms with van der Waals surface area (Å²) in [5, 5.41) is 0.470. The van der Waals surface area contributed by atoms with Crippen LogP contribution >= 0.6 is 35.7 Å². The second-order valence-corrected chi connectivity index (χ2v) is 12.1. The van der Waals surface area contributed by atoms with Gasteiger partial charge in [0.05, 0.1) is 21.8 Å². The van der Waals surface area contributed by atoms with Gasteiger partial charge in [-0.2, -0.15) is 0 Å². The number of rotatable bonds is 5. The van der Waals surface area contributed by atoms with Gasteiger partial charge in [0.25, 0.3) is 17.0 Å². The lowest BCUT2D eigenvalue weighted by Crippen LogP contribution is -2.33. The SMILES string of the molecule is Cc1ccc(Sc2nc3ccccn3c(=O)c2/C=C2/SC(=S)N(c3c(C)n(C)n(-c4ccccc4)c3=O)C2=O)cc1. The second-order valence-electron chi connectivity index (χ2n) is 9.41. The van der Waals surface area contributed by atoms with Crippen LogP contribution in [-0.2, 0) is 11.8 Å². The standard InChI is InChI=1S/C30H23N5O3S3/c1-18-12-14-21(15-13-18)40-26-22(27(36)33-16-8-7-11-24(33)31-26)17-23-28(37)34(30(39)41-23)25-19(2)32(3)35(29(25)38)20-9-5-4-6-10-20/h4-17H,1-3H3/b23-17+. The maximum absolute atomic E-state index is 13.8. The molecule has 0 radical (unpaired) electrons. The van der Waals surface area contributed by atoms with Crippen LogP contribution in [0.5, 0.6) is 0 Å². The minimum absolute atomic E-state index is 0.185. The number of carbonyl (C=O) groups excluding carboxylic acids is 1. The fraction of sp³-hybridized carbons (Fsp3) is 0.100. The molecule has 6 rings (SSSR count). The predicted molar refractivity (Wildman–Crippen MR) is 168 cm³/mol. The van der Waals surface area contributed by atoms with Crippen LogP contribution in [0.25, 0.3) is 17.4 Å². The Labute approximate surface area is 248 Å². The number of fused-ring (bicyclic) bond motifs is 1. The summed E-state index contributed by atoms with van der Waals surface area (Å²) >= 11 is 8.01. The van der Waals surface area contributed by atoms with Crippen molar-refractivity contribution in [3.8, 4) is 5.69 Å². The van der Waals surface area contributed by atoms with Crippen LogP contribution in [0.15, 0.2) is 103 Å². The molecule has 0 unspecified atom stereocenters. The zero-order valence-corrected chi connectivity index (χ0v) is 24.7. The van der Waals surface area contributed by atoms with E-state index in [1.807, 2.05) is 67.6 Å². The van der Waals surface area contributed by atoms with E-state index in [9.17, 15) is 14.4 Å². The molecular weight excluding hydrogens is 575 g/mol. The van der Waals surface area contributed by atoms with E-state index in [0.717, 1.165) is 22.2 Å². The number of para-hydroxylation sites is 1. The number of thioether (sulfide) groups is 1. The maximum atomic E-state index is 13.8. The van der Waals surface area contributed by atoms with Gasteiger partial charge in [0.2, 0.25) is 0 Å². The van der Waals surface area contributed by atoms with E-state index in [2.05, 4.69) is 0 Å². The molecule has 0 saturated carbocycles. The van der Waals surface area contributed by atoms with Gasteiger partial charge in [-0.15, -0.1) is 0 Å². The number of aromatic nitrogens is 4. The fourth-order valence-corrected chi connectivity index (χ4v) is 6.75. The molecule has 11 heteroatoms. The van der Waals surface area contributed by atoms with Crippen molar-refractivity contribution in [2.45, 2.75) is 23.8 Å². The lowest BCUT2D eigenvalue weighted by atomic mass is 10.2. The minimum Gasteiger partial charge on any atom is -0.283 e. The molecule has 4 heterocycles. The summed E-state index contributed by atoms with van der Waals surface area (Å²) in [6.45, 7) is 3.78. The first kappa shape index (κ1) is 27.0. The Hall–Kier alpha value is -4.19. The number of benzene rings is 2. The van der Waals surface area contributed by atoms with Gasteiger partial charge in [-0.05, 0) is 56.3 Å². The second kappa shape index (κ2) is 10.7. The molecule has 3 aromatic heterocycles. The average molecular weight is 598 g/mol. The number of aryl methyl sites for hydroxylation is 1. The molecule has 1 fully saturated rings. The van der Waals surface area contributed by atoms with Gasteiger partial charge >= 0.3 is 0 Å². The number of hydrogen-bond donors (Lipinski definition) is 0. The normalized spacial score (nSPS) is 14.5. The number of hydrogen-bond acceptors (Lipinski definition) is 7. The molecule has 0 atom stereocenters. The molecule has 1 aliphatic rings. The van der Waals surface area contributed by atoms with E-state index in [4.69, 9.17) is 17.2 Å². The summed E-state index contributed by atoms with van der Waals surface area (Å²) in [6, 6.07) is 22.4. The Bertz CT molecular complexity index is 2010. The zero-order chi connectivity index (χ0) is 28.8. The van der Waals surface area contributed by atoms with Crippen molar-refractivity contribution in [3.63, 3.8) is 0 Å². The Morgan fingerprint density at radius 2 is 1.61 bits per heavy atom. The molecule has 2 aromatic carbocycles. The summed E-state index contributed by atoms with van der Waals surface area (Å²) in [5.74, 6) is -0.463. The van der Waals surface area contributed by atoms with E-state index in [-0.39, 0.29) is 31.6 Å². The molecule has 8 nitrogen and oxygen atoms in total. The van der Waals surface area contributed by atoms with Gasteiger partial charge in [0.1, 0.15) is 16.4 Å². The summed E-state index contributed by atoms with van der Waals surface area (Å²) in [5.41, 5.74) is 2.65. The highest BCUT2D eigenvalue weighted by Crippen LogP contribution is 2.37. The van der Waals surface area contributed by atoms with E-state index >= 15 is 0 Å². The average Bonchev–Trinajstić information content (AvgIpc) is 3.36. The first-order valence-electron chi connectivity index (χ1n) is 12.6. The fourth-order valence-electron chi connectivity index (χ4n) is 4.60. The topological polar surface area (TPSA) is 81.6 Å². The van der Waals surface area contributed by atoms with Gasteiger partial charge in [0, 0.05) is 18.1 Å². The van der Waals surface area contributed by atoms with E-state index in [1.165, 1.54) is 25.7 Å². The van der Waals surface area contributed by atoms with Crippen LogP contribution < -0.4 is 16.0 Å². The highest BCUT2D eigenvalue weighted by molar-refractivity contribution is 8.27. The van der Waals surface area contributed by atoms with Crippen LogP contribution in [0.4, 0.5) is 5.69 Å². The molecule has 1 amide bonds. The highest BCUT2D eigenvalue weighted by Gasteiger charge is 2.38. The van der Waals surface area contributed by atoms with Crippen LogP contribution in [0, 0.1) is 13.8 Å². The van der Waals surface area contributed by atoms with Crippen molar-refractivity contribution in [1.82, 2.24) is 18.7 Å². The highest BCUT2D eigenvalue weighted by atomic mass is 32.2. The molecule has 1 saturated heterocycles. The molecule has 41 heavy (non-hydrogen) atoms. The van der Waals surface area contributed by atoms with Crippen molar-refractivity contribution in [1.29, 1.82) is 0 Å². The van der Waals surface area contributed by atoms with E-state index < -0.39 is 5.91 Å². The smallest absolute Gasteiger partial charge is 0.283 e. The Morgan fingerprint density at radius 3 is 2.34 bits per heavy atom. The molecule has 0 N–H and O–H groups in total. The van der Waals surface area contributed by atoms with Crippen molar-refractivity contribution >= 4 is 63.4 Å². The predicted octanol–water partition coefficient (Wildman–Crippen LogP) is 5.36. The molecule has 0 spiro atoms. The number of thiocarbonyl (C=S) groups is 1. The maximum Gasteiger partial charge on any atom is 0.296 e. The van der Waals surface area contributed by atoms with Crippen LogP contribution in [-0.4, -0.2) is 29.0 Å². The minimum atomic E-state index is -0.463. The van der Waals surface area contributed by atoms with Crippen molar-refractivity contribution in [3.05, 3.63) is 121 Å². The number of anilines is 1. The summed E-state index contributed by atoms with van der Waals surface area (Å²) in [4.78, 5) is 48.3. The molecule has 0 aliphatic carbocycles. The monoisotopic (exact) mass is 597 g/mol. The third-order valence-corrected chi connectivity index (χ3v) is 9.10. The van der Waals surface area contributed by atoms with Gasteiger partial charge in [0.15, 0.2) is 4.32 Å². The number of amides is 1. The summed E-state index contributed by atoms with van der Waals surface area (Å²) in [7, 11) is 1.76. The molecule has 0 bridgehead atoms. The van der Waals surface area contributed by atoms with Gasteiger partial charge < -0.3 is 0 Å². The van der Waals surface area contributed by atoms with Gasteiger partial charge in [-0.25, -0.2) is 9.67 Å². The van der Waals surface area contributed by atoms with Crippen molar-refractivity contribution < 1.29 is 4.79 Å². The lowest BCUT2D eigenvalue weighted by molar-refractivity contribution is -0.113. The Morgan fingerprint density at radius 1 is 0.902 bits per heavy atom. The quantitative estimate of drug-likeness (QED) is 0.153. The molecule has 1 aliphatic heterocycles. The zero-order valence-electron chi connectivity index (χ0n) is 22.3. The van der Waals surface area contributed by atoms with Crippen molar-refractivity contribution in [2.75, 3.05) is 4.90 Å². The van der Waals surface area contributed by atoms with E-state index in [0.29, 0.717) is 22.1 Å². The largest absolute Gasteiger partial charge is 0.296 e. The Kier molecular flexibility index (Phi) is 7.02. The third-order valence-electron chi connectivity index (χ3n) is 6.79. The first-order valence-corrected chi connectivity index (χ1v) is 14.7. The molecule has 204 valence electrons. The van der Waals surface area contributed by atoms with Crippen LogP contribution in [0.3, 0.4) is 0 Å². The van der Waals surface area contributed by atoms with Crippen molar-refractivity contribution in [2.24, 2.45) is 7.05 Å². The number of nitrogens with zero attached hydrogens (tertiary/aromatic N) is 5. The lowest BCUT2D eigenvalue weighted by Gasteiger charge is -2.12. The number of carbonyl (C=O) groups is 1. The molecule has 5 aromatic rings. The van der Waals surface area contributed by atoms with Gasteiger partial charge in [-0.3, -0.25) is 28.4 Å². The summed E-state index contributed by atoms with van der Waals surface area (Å²) in [6.07, 6.45) is 3.19.